The number of thiophene rings is 1. The van der Waals surface area contributed by atoms with E-state index in [1.165, 1.54) is 10.4 Å². The number of aliphatic imine (C=N–C) groups is 1. The fourth-order valence-electron chi connectivity index (χ4n) is 1.75. The van der Waals surface area contributed by atoms with E-state index in [0.717, 1.165) is 38.5 Å². The van der Waals surface area contributed by atoms with Crippen LogP contribution in [0, 0.1) is 6.92 Å². The van der Waals surface area contributed by atoms with Gasteiger partial charge in [-0.3, -0.25) is 4.99 Å². The molecule has 0 aliphatic heterocycles. The van der Waals surface area contributed by atoms with E-state index >= 15 is 0 Å². The molecule has 1 aromatic rings. The number of methoxy groups -OCH3 is 1. The van der Waals surface area contributed by atoms with Crippen LogP contribution in [0.15, 0.2) is 16.4 Å². The molecule has 128 valence electrons. The monoisotopic (exact) mass is 441 g/mol. The van der Waals surface area contributed by atoms with Crippen molar-refractivity contribution < 1.29 is 9.47 Å². The Hall–Kier alpha value is -0.380. The number of aryl methyl sites for hydroxylation is 1. The number of halogens is 1. The molecule has 0 atom stereocenters. The topological polar surface area (TPSA) is 54.9 Å². The lowest BCUT2D eigenvalue weighted by Crippen LogP contribution is -2.37. The molecular formula is C15H28IN3O2S. The summed E-state index contributed by atoms with van der Waals surface area (Å²) in [5.74, 6) is 0.850. The molecule has 0 spiro atoms. The third-order valence-electron chi connectivity index (χ3n) is 3.05. The van der Waals surface area contributed by atoms with Crippen molar-refractivity contribution in [3.8, 4) is 0 Å². The van der Waals surface area contributed by atoms with Crippen LogP contribution >= 0.6 is 35.3 Å². The van der Waals surface area contributed by atoms with Crippen LogP contribution in [0.4, 0.5) is 0 Å². The second-order valence-corrected chi connectivity index (χ2v) is 5.69. The molecule has 1 rings (SSSR count). The maximum absolute atomic E-state index is 5.42. The van der Waals surface area contributed by atoms with E-state index in [4.69, 9.17) is 9.47 Å². The number of nitrogens with one attached hydrogen (secondary N) is 2. The predicted molar refractivity (Wildman–Crippen MR) is 105 cm³/mol. The first-order valence-electron chi connectivity index (χ1n) is 7.32. The minimum Gasteiger partial charge on any atom is -0.382 e. The van der Waals surface area contributed by atoms with Gasteiger partial charge in [0.1, 0.15) is 0 Å². The van der Waals surface area contributed by atoms with Gasteiger partial charge >= 0.3 is 0 Å². The Morgan fingerprint density at radius 1 is 1.23 bits per heavy atom. The van der Waals surface area contributed by atoms with E-state index in [1.807, 2.05) is 0 Å². The largest absolute Gasteiger partial charge is 0.382 e. The number of guanidine groups is 1. The summed E-state index contributed by atoms with van der Waals surface area (Å²) in [4.78, 5) is 5.58. The summed E-state index contributed by atoms with van der Waals surface area (Å²) in [6.07, 6.45) is 2.10. The van der Waals surface area contributed by atoms with Crippen molar-refractivity contribution in [3.63, 3.8) is 0 Å². The van der Waals surface area contributed by atoms with Gasteiger partial charge in [-0.05, 0) is 36.8 Å². The van der Waals surface area contributed by atoms with Gasteiger partial charge < -0.3 is 20.1 Å². The SMILES string of the molecule is CN=C(NCCCCOCCOC)NCc1sccc1C.I. The Balaban J connectivity index is 0.00000441. The minimum atomic E-state index is 0. The highest BCUT2D eigenvalue weighted by molar-refractivity contribution is 14.0. The van der Waals surface area contributed by atoms with Crippen LogP contribution in [0.2, 0.25) is 0 Å². The predicted octanol–water partition coefficient (Wildman–Crippen LogP) is 2.78. The molecular weight excluding hydrogens is 413 g/mol. The van der Waals surface area contributed by atoms with Gasteiger partial charge in [-0.2, -0.15) is 0 Å². The van der Waals surface area contributed by atoms with Gasteiger partial charge in [0, 0.05) is 32.2 Å². The van der Waals surface area contributed by atoms with Crippen molar-refractivity contribution in [1.29, 1.82) is 0 Å². The van der Waals surface area contributed by atoms with Crippen molar-refractivity contribution in [3.05, 3.63) is 21.9 Å². The fraction of sp³-hybridized carbons (Fsp3) is 0.667. The number of hydrogen-bond donors (Lipinski definition) is 2. The van der Waals surface area contributed by atoms with Crippen molar-refractivity contribution >= 4 is 41.3 Å². The Bertz CT molecular complexity index is 413. The molecule has 0 radical (unpaired) electrons. The fourth-order valence-corrected chi connectivity index (χ4v) is 2.60. The number of nitrogens with zero attached hydrogens (tertiary/aromatic N) is 1. The molecule has 0 fully saturated rings. The molecule has 0 saturated carbocycles. The van der Waals surface area contributed by atoms with Gasteiger partial charge in [0.15, 0.2) is 5.96 Å². The standard InChI is InChI=1S/C15H27N3O2S.HI/c1-13-6-11-21-14(13)12-18-15(16-2)17-7-4-5-8-20-10-9-19-3;/h6,11H,4-5,7-10,12H2,1-3H3,(H2,16,17,18);1H. The second kappa shape index (κ2) is 14.2. The summed E-state index contributed by atoms with van der Waals surface area (Å²) < 4.78 is 10.3. The number of rotatable bonds is 10. The number of unbranched alkanes of at least 4 members (excludes halogenated alkanes) is 1. The van der Waals surface area contributed by atoms with E-state index in [-0.39, 0.29) is 24.0 Å². The first-order chi connectivity index (χ1) is 10.3. The van der Waals surface area contributed by atoms with Gasteiger partial charge in [0.05, 0.1) is 19.8 Å². The summed E-state index contributed by atoms with van der Waals surface area (Å²) in [6.45, 7) is 5.98. The third kappa shape index (κ3) is 9.60. The summed E-state index contributed by atoms with van der Waals surface area (Å²) in [5, 5.41) is 8.77. The molecule has 0 aliphatic carbocycles. The summed E-state index contributed by atoms with van der Waals surface area (Å²) >= 11 is 1.77. The Morgan fingerprint density at radius 2 is 2.05 bits per heavy atom. The lowest BCUT2D eigenvalue weighted by atomic mass is 10.3. The van der Waals surface area contributed by atoms with Crippen LogP contribution < -0.4 is 10.6 Å². The highest BCUT2D eigenvalue weighted by Crippen LogP contribution is 2.14. The second-order valence-electron chi connectivity index (χ2n) is 4.69. The van der Waals surface area contributed by atoms with Gasteiger partial charge in [-0.25, -0.2) is 0 Å². The van der Waals surface area contributed by atoms with Crippen LogP contribution in [0.25, 0.3) is 0 Å². The Kier molecular flexibility index (Phi) is 14.0. The maximum atomic E-state index is 5.42. The summed E-state index contributed by atoms with van der Waals surface area (Å²) in [7, 11) is 3.48. The molecule has 0 saturated heterocycles. The van der Waals surface area contributed by atoms with E-state index in [2.05, 4.69) is 34.0 Å². The molecule has 5 nitrogen and oxygen atoms in total. The normalized spacial score (nSPS) is 11.1. The molecule has 0 bridgehead atoms. The molecule has 1 heterocycles. The summed E-state index contributed by atoms with van der Waals surface area (Å²) in [5.41, 5.74) is 1.33. The molecule has 1 aromatic heterocycles. The van der Waals surface area contributed by atoms with Crippen LogP contribution in [0.3, 0.4) is 0 Å². The van der Waals surface area contributed by atoms with E-state index < -0.39 is 0 Å². The van der Waals surface area contributed by atoms with Crippen molar-refractivity contribution in [2.75, 3.05) is 40.5 Å². The molecule has 22 heavy (non-hydrogen) atoms. The number of ether oxygens (including phenoxy) is 2. The molecule has 0 unspecified atom stereocenters. The quantitative estimate of drug-likeness (QED) is 0.254. The maximum Gasteiger partial charge on any atom is 0.191 e. The molecule has 0 aliphatic rings. The Morgan fingerprint density at radius 3 is 2.68 bits per heavy atom. The van der Waals surface area contributed by atoms with Gasteiger partial charge in [-0.15, -0.1) is 35.3 Å². The molecule has 0 aromatic carbocycles. The van der Waals surface area contributed by atoms with E-state index in [1.54, 1.807) is 25.5 Å². The summed E-state index contributed by atoms with van der Waals surface area (Å²) in [6, 6.07) is 2.14. The highest BCUT2D eigenvalue weighted by Gasteiger charge is 2.01. The zero-order valence-electron chi connectivity index (χ0n) is 13.7. The van der Waals surface area contributed by atoms with Crippen molar-refractivity contribution in [2.45, 2.75) is 26.3 Å². The van der Waals surface area contributed by atoms with E-state index in [0.29, 0.717) is 13.2 Å². The van der Waals surface area contributed by atoms with Gasteiger partial charge in [0.25, 0.3) is 0 Å². The van der Waals surface area contributed by atoms with Gasteiger partial charge in [-0.1, -0.05) is 0 Å². The van der Waals surface area contributed by atoms with Crippen LogP contribution in [-0.4, -0.2) is 46.5 Å². The molecule has 2 N–H and O–H groups in total. The molecule has 0 amide bonds. The van der Waals surface area contributed by atoms with Crippen molar-refractivity contribution in [2.24, 2.45) is 4.99 Å². The van der Waals surface area contributed by atoms with Gasteiger partial charge in [0.2, 0.25) is 0 Å². The number of hydrogen-bond acceptors (Lipinski definition) is 4. The van der Waals surface area contributed by atoms with Crippen LogP contribution in [0.5, 0.6) is 0 Å². The van der Waals surface area contributed by atoms with Crippen molar-refractivity contribution in [1.82, 2.24) is 10.6 Å². The average molecular weight is 441 g/mol. The highest BCUT2D eigenvalue weighted by atomic mass is 127. The zero-order chi connectivity index (χ0) is 15.3. The lowest BCUT2D eigenvalue weighted by molar-refractivity contribution is 0.0689. The Labute approximate surface area is 154 Å². The molecule has 7 heteroatoms. The lowest BCUT2D eigenvalue weighted by Gasteiger charge is -2.11. The minimum absolute atomic E-state index is 0. The first kappa shape index (κ1) is 21.6. The van der Waals surface area contributed by atoms with Crippen LogP contribution in [0.1, 0.15) is 23.3 Å². The van der Waals surface area contributed by atoms with E-state index in [9.17, 15) is 0 Å². The smallest absolute Gasteiger partial charge is 0.191 e. The van der Waals surface area contributed by atoms with Crippen LogP contribution in [-0.2, 0) is 16.0 Å². The average Bonchev–Trinajstić information content (AvgIpc) is 2.90. The first-order valence-corrected chi connectivity index (χ1v) is 8.20. The zero-order valence-corrected chi connectivity index (χ0v) is 16.8. The third-order valence-corrected chi connectivity index (χ3v) is 4.07.